The van der Waals surface area contributed by atoms with Gasteiger partial charge in [-0.1, -0.05) is 62.2 Å². The van der Waals surface area contributed by atoms with Crippen LogP contribution in [0.5, 0.6) is 5.75 Å². The molecule has 1 atom stereocenters. The summed E-state index contributed by atoms with van der Waals surface area (Å²) in [6.45, 7) is 1.87. The maximum Gasteiger partial charge on any atom is 0.261 e. The van der Waals surface area contributed by atoms with Gasteiger partial charge in [0.1, 0.15) is 17.6 Å². The van der Waals surface area contributed by atoms with E-state index in [1.807, 2.05) is 43.3 Å². The van der Waals surface area contributed by atoms with Gasteiger partial charge in [0.05, 0.1) is 4.47 Å². The first-order valence-corrected chi connectivity index (χ1v) is 12.9. The van der Waals surface area contributed by atoms with Gasteiger partial charge in [-0.2, -0.15) is 0 Å². The quantitative estimate of drug-likeness (QED) is 0.362. The van der Waals surface area contributed by atoms with Crippen LogP contribution in [0.25, 0.3) is 10.8 Å². The Kier molecular flexibility index (Phi) is 8.39. The number of benzene rings is 3. The second-order valence-electron chi connectivity index (χ2n) is 8.95. The van der Waals surface area contributed by atoms with Crippen LogP contribution < -0.4 is 10.1 Å². The van der Waals surface area contributed by atoms with E-state index in [0.29, 0.717) is 12.2 Å². The lowest BCUT2D eigenvalue weighted by atomic mass is 10.1. The Hall–Kier alpha value is -2.93. The summed E-state index contributed by atoms with van der Waals surface area (Å²) in [5.74, 6) is -0.242. The van der Waals surface area contributed by atoms with E-state index in [1.54, 1.807) is 17.0 Å². The molecular weight excluding hydrogens is 511 g/mol. The highest BCUT2D eigenvalue weighted by atomic mass is 79.9. The van der Waals surface area contributed by atoms with Gasteiger partial charge >= 0.3 is 0 Å². The number of ether oxygens (including phenoxy) is 1. The topological polar surface area (TPSA) is 58.6 Å². The molecule has 4 rings (SSSR count). The van der Waals surface area contributed by atoms with Gasteiger partial charge in [0.15, 0.2) is 6.61 Å². The maximum atomic E-state index is 13.5. The highest BCUT2D eigenvalue weighted by Crippen LogP contribution is 2.33. The van der Waals surface area contributed by atoms with Crippen LogP contribution in [0, 0.1) is 5.82 Å². The van der Waals surface area contributed by atoms with E-state index in [9.17, 15) is 14.0 Å². The van der Waals surface area contributed by atoms with Crippen LogP contribution in [0.2, 0.25) is 0 Å². The molecule has 0 radical (unpaired) electrons. The van der Waals surface area contributed by atoms with E-state index >= 15 is 0 Å². The van der Waals surface area contributed by atoms with Crippen molar-refractivity contribution in [2.45, 2.75) is 57.7 Å². The summed E-state index contributed by atoms with van der Waals surface area (Å²) < 4.78 is 20.2. The lowest BCUT2D eigenvalue weighted by Gasteiger charge is -2.31. The molecule has 1 aliphatic carbocycles. The van der Waals surface area contributed by atoms with Crippen molar-refractivity contribution in [3.8, 4) is 5.75 Å². The van der Waals surface area contributed by atoms with Gasteiger partial charge < -0.3 is 15.0 Å². The molecular formula is C28H30BrFN2O3. The van der Waals surface area contributed by atoms with Crippen molar-refractivity contribution in [2.24, 2.45) is 0 Å². The zero-order valence-corrected chi connectivity index (χ0v) is 21.4. The summed E-state index contributed by atoms with van der Waals surface area (Å²) in [6, 6.07) is 17.2. The smallest absolute Gasteiger partial charge is 0.261 e. The average molecular weight is 541 g/mol. The number of rotatable bonds is 9. The minimum atomic E-state index is -0.642. The van der Waals surface area contributed by atoms with E-state index < -0.39 is 6.04 Å². The summed E-state index contributed by atoms with van der Waals surface area (Å²) in [6.07, 6.45) is 4.61. The molecule has 2 amide bonds. The lowest BCUT2D eigenvalue weighted by molar-refractivity contribution is -0.143. The van der Waals surface area contributed by atoms with Gasteiger partial charge in [-0.05, 0) is 69.7 Å². The molecule has 1 aliphatic rings. The third-order valence-electron chi connectivity index (χ3n) is 6.53. The molecule has 0 unspecified atom stereocenters. The molecule has 3 aromatic carbocycles. The monoisotopic (exact) mass is 540 g/mol. The van der Waals surface area contributed by atoms with Crippen LogP contribution >= 0.6 is 15.9 Å². The summed E-state index contributed by atoms with van der Waals surface area (Å²) in [5.41, 5.74) is 0.749. The standard InChI is InChI=1S/C28H30BrFN2O3/c1-2-24(28(34)31-22-8-4-5-9-22)32(17-19-11-14-21(30)15-12-19)26(33)18-35-25-16-13-20-7-3-6-10-23(20)27(25)29/h3,6-7,10-16,22,24H,2,4-5,8-9,17-18H2,1H3,(H,31,34)/t24-/m0/s1. The van der Waals surface area contributed by atoms with Crippen molar-refractivity contribution < 1.29 is 18.7 Å². The lowest BCUT2D eigenvalue weighted by Crippen LogP contribution is -2.52. The molecule has 3 aromatic rings. The summed E-state index contributed by atoms with van der Waals surface area (Å²) in [5, 5.41) is 5.17. The van der Waals surface area contributed by atoms with Crippen molar-refractivity contribution in [2.75, 3.05) is 6.61 Å². The largest absolute Gasteiger partial charge is 0.483 e. The molecule has 1 saturated carbocycles. The molecule has 0 heterocycles. The number of amides is 2. The molecule has 7 heteroatoms. The molecule has 5 nitrogen and oxygen atoms in total. The number of carbonyl (C=O) groups excluding carboxylic acids is 2. The van der Waals surface area contributed by atoms with Gasteiger partial charge in [-0.3, -0.25) is 9.59 Å². The molecule has 0 spiro atoms. The summed E-state index contributed by atoms with van der Waals surface area (Å²) in [7, 11) is 0. The van der Waals surface area contributed by atoms with Gasteiger partial charge in [0.25, 0.3) is 5.91 Å². The second kappa shape index (κ2) is 11.7. The summed E-state index contributed by atoms with van der Waals surface area (Å²) >= 11 is 3.59. The first kappa shape index (κ1) is 25.2. The average Bonchev–Trinajstić information content (AvgIpc) is 3.37. The van der Waals surface area contributed by atoms with Crippen molar-refractivity contribution in [3.63, 3.8) is 0 Å². The summed E-state index contributed by atoms with van der Waals surface area (Å²) in [4.78, 5) is 28.2. The fourth-order valence-electron chi connectivity index (χ4n) is 4.62. The maximum absolute atomic E-state index is 13.5. The van der Waals surface area contributed by atoms with Crippen molar-refractivity contribution in [1.82, 2.24) is 10.2 Å². The van der Waals surface area contributed by atoms with E-state index in [2.05, 4.69) is 21.2 Å². The van der Waals surface area contributed by atoms with E-state index in [0.717, 1.165) is 46.5 Å². The van der Waals surface area contributed by atoms with Gasteiger partial charge in [0.2, 0.25) is 5.91 Å². The Morgan fingerprint density at radius 2 is 1.80 bits per heavy atom. The van der Waals surface area contributed by atoms with E-state index in [4.69, 9.17) is 4.74 Å². The first-order valence-electron chi connectivity index (χ1n) is 12.1. The fourth-order valence-corrected chi connectivity index (χ4v) is 5.23. The number of carbonyl (C=O) groups is 2. The fraction of sp³-hybridized carbons (Fsp3) is 0.357. The van der Waals surface area contributed by atoms with E-state index in [-0.39, 0.29) is 36.8 Å². The van der Waals surface area contributed by atoms with Crippen LogP contribution in [0.3, 0.4) is 0 Å². The number of nitrogens with zero attached hydrogens (tertiary/aromatic N) is 1. The Labute approximate surface area is 213 Å². The van der Waals surface area contributed by atoms with Gasteiger partial charge in [-0.15, -0.1) is 0 Å². The number of halogens is 2. The van der Waals surface area contributed by atoms with Crippen LogP contribution in [-0.4, -0.2) is 35.4 Å². The van der Waals surface area contributed by atoms with Crippen LogP contribution in [0.4, 0.5) is 4.39 Å². The van der Waals surface area contributed by atoms with Crippen molar-refractivity contribution in [3.05, 3.63) is 76.5 Å². The van der Waals surface area contributed by atoms with Gasteiger partial charge in [-0.25, -0.2) is 4.39 Å². The number of fused-ring (bicyclic) bond motifs is 1. The molecule has 184 valence electrons. The number of hydrogen-bond acceptors (Lipinski definition) is 3. The van der Waals surface area contributed by atoms with Crippen molar-refractivity contribution in [1.29, 1.82) is 0 Å². The third kappa shape index (κ3) is 6.20. The van der Waals surface area contributed by atoms with Crippen LogP contribution in [-0.2, 0) is 16.1 Å². The number of nitrogens with one attached hydrogen (secondary N) is 1. The Bertz CT molecular complexity index is 1180. The Balaban J connectivity index is 1.53. The highest BCUT2D eigenvalue weighted by Gasteiger charge is 2.31. The van der Waals surface area contributed by atoms with Crippen molar-refractivity contribution >= 4 is 38.5 Å². The predicted octanol–water partition coefficient (Wildman–Crippen LogP) is 5.99. The molecule has 0 aromatic heterocycles. The molecule has 0 saturated heterocycles. The number of hydrogen-bond donors (Lipinski definition) is 1. The molecule has 0 bridgehead atoms. The third-order valence-corrected chi connectivity index (χ3v) is 7.35. The minimum Gasteiger partial charge on any atom is -0.483 e. The molecule has 1 fully saturated rings. The van der Waals surface area contributed by atoms with Gasteiger partial charge in [0, 0.05) is 12.6 Å². The predicted molar refractivity (Wildman–Crippen MR) is 139 cm³/mol. The zero-order chi connectivity index (χ0) is 24.8. The van der Waals surface area contributed by atoms with Crippen LogP contribution in [0.15, 0.2) is 65.1 Å². The Morgan fingerprint density at radius 1 is 1.09 bits per heavy atom. The van der Waals surface area contributed by atoms with E-state index in [1.165, 1.54) is 12.1 Å². The zero-order valence-electron chi connectivity index (χ0n) is 19.8. The van der Waals surface area contributed by atoms with Crippen LogP contribution in [0.1, 0.15) is 44.6 Å². The highest BCUT2D eigenvalue weighted by molar-refractivity contribution is 9.10. The molecule has 0 aliphatic heterocycles. The Morgan fingerprint density at radius 3 is 2.51 bits per heavy atom. The SMILES string of the molecule is CC[C@@H](C(=O)NC1CCCC1)N(Cc1ccc(F)cc1)C(=O)COc1ccc2ccccc2c1Br. The first-order chi connectivity index (χ1) is 17.0. The normalized spacial score (nSPS) is 14.6. The molecule has 1 N–H and O–H groups in total. The minimum absolute atomic E-state index is 0.151. The molecule has 35 heavy (non-hydrogen) atoms. The second-order valence-corrected chi connectivity index (χ2v) is 9.74.